The molecule has 2 amide bonds. The van der Waals surface area contributed by atoms with Gasteiger partial charge in [-0.1, -0.05) is 30.3 Å². The molecule has 0 saturated carbocycles. The van der Waals surface area contributed by atoms with E-state index in [0.29, 0.717) is 28.9 Å². The third-order valence-corrected chi connectivity index (χ3v) is 5.21. The quantitative estimate of drug-likeness (QED) is 0.379. The molecule has 10 nitrogen and oxygen atoms in total. The molecule has 4 rings (SSSR count). The molecule has 11 heteroatoms. The van der Waals surface area contributed by atoms with Crippen LogP contribution in [0.15, 0.2) is 72.4 Å². The number of hydrogen-bond donors (Lipinski definition) is 4. The van der Waals surface area contributed by atoms with Crippen LogP contribution < -0.4 is 21.0 Å². The molecule has 0 aliphatic carbocycles. The van der Waals surface area contributed by atoms with Crippen molar-refractivity contribution >= 4 is 41.3 Å². The Balaban J connectivity index is 1.39. The van der Waals surface area contributed by atoms with Gasteiger partial charge >= 0.3 is 6.03 Å². The fourth-order valence-corrected chi connectivity index (χ4v) is 3.57. The lowest BCUT2D eigenvalue weighted by Gasteiger charge is -2.21. The van der Waals surface area contributed by atoms with E-state index in [2.05, 4.69) is 42.6 Å². The van der Waals surface area contributed by atoms with E-state index >= 15 is 0 Å². The largest absolute Gasteiger partial charge is 0.510 e. The first kappa shape index (κ1) is 23.0. The number of amides is 2. The van der Waals surface area contributed by atoms with E-state index in [-0.39, 0.29) is 11.8 Å². The summed E-state index contributed by atoms with van der Waals surface area (Å²) in [7, 11) is 0. The zero-order valence-corrected chi connectivity index (χ0v) is 19.1. The summed E-state index contributed by atoms with van der Waals surface area (Å²) in [6.45, 7) is 5.82. The highest BCUT2D eigenvalue weighted by atomic mass is 35.5. The average Bonchev–Trinajstić information content (AvgIpc) is 3.27. The van der Waals surface area contributed by atoms with Crippen molar-refractivity contribution in [3.63, 3.8) is 0 Å². The Hall–Kier alpha value is -4.18. The van der Waals surface area contributed by atoms with Gasteiger partial charge in [0.1, 0.15) is 11.8 Å². The second-order valence-corrected chi connectivity index (χ2v) is 8.05. The van der Waals surface area contributed by atoms with Gasteiger partial charge in [-0.2, -0.15) is 10.1 Å². The first-order valence-electron chi connectivity index (χ1n) is 10.4. The number of hydrogen-bond acceptors (Lipinski definition) is 8. The Labute approximate surface area is 201 Å². The predicted octanol–water partition coefficient (Wildman–Crippen LogP) is 3.86. The van der Waals surface area contributed by atoms with Gasteiger partial charge in [-0.15, -0.1) is 0 Å². The van der Waals surface area contributed by atoms with E-state index in [1.807, 2.05) is 19.1 Å². The number of halogens is 1. The van der Waals surface area contributed by atoms with E-state index in [4.69, 9.17) is 11.6 Å². The number of rotatable bonds is 7. The van der Waals surface area contributed by atoms with Gasteiger partial charge in [0.25, 0.3) is 0 Å². The molecule has 1 aromatic carbocycles. The lowest BCUT2D eigenvalue weighted by Crippen LogP contribution is -2.46. The van der Waals surface area contributed by atoms with Gasteiger partial charge < -0.3 is 21.1 Å². The highest BCUT2D eigenvalue weighted by Gasteiger charge is 2.25. The topological polar surface area (TPSA) is 128 Å². The maximum absolute atomic E-state index is 12.6. The molecule has 3 aromatic rings. The fraction of sp³-hybridized carbons (Fsp3) is 0.174. The Kier molecular flexibility index (Phi) is 6.88. The second kappa shape index (κ2) is 10.2. The lowest BCUT2D eigenvalue weighted by atomic mass is 10.1. The Morgan fingerprint density at radius 1 is 1.29 bits per heavy atom. The number of aryl methyl sites for hydroxylation is 1. The number of carbonyl (C=O) groups excluding carboxylic acids is 1. The van der Waals surface area contributed by atoms with Gasteiger partial charge in [0, 0.05) is 29.2 Å². The highest BCUT2D eigenvalue weighted by Crippen LogP contribution is 2.23. The molecule has 4 N–H and O–H groups in total. The van der Waals surface area contributed by atoms with Crippen molar-refractivity contribution in [1.82, 2.24) is 25.6 Å². The summed E-state index contributed by atoms with van der Waals surface area (Å²) in [4.78, 5) is 25.5. The summed E-state index contributed by atoms with van der Waals surface area (Å²) < 4.78 is 0. The lowest BCUT2D eigenvalue weighted by molar-refractivity contribution is 0.233. The van der Waals surface area contributed by atoms with E-state index in [1.165, 1.54) is 0 Å². The number of benzene rings is 1. The number of nitrogens with one attached hydrogen (secondary N) is 3. The molecular weight excluding hydrogens is 456 g/mol. The molecule has 0 radical (unpaired) electrons. The van der Waals surface area contributed by atoms with Crippen LogP contribution in [0.5, 0.6) is 0 Å². The van der Waals surface area contributed by atoms with Crippen LogP contribution in [0.1, 0.15) is 17.2 Å². The summed E-state index contributed by atoms with van der Waals surface area (Å²) >= 11 is 6.03. The van der Waals surface area contributed by atoms with Gasteiger partial charge in [0.05, 0.1) is 24.5 Å². The predicted molar refractivity (Wildman–Crippen MR) is 132 cm³/mol. The number of anilines is 3. The maximum Gasteiger partial charge on any atom is 0.316 e. The van der Waals surface area contributed by atoms with E-state index < -0.39 is 12.1 Å². The monoisotopic (exact) mass is 478 g/mol. The normalized spacial score (nSPS) is 15.6. The number of hydrazone groups is 1. The summed E-state index contributed by atoms with van der Waals surface area (Å²) in [5.74, 6) is 0.816. The average molecular weight is 479 g/mol. The summed E-state index contributed by atoms with van der Waals surface area (Å²) in [6.07, 6.45) is 6.68. The summed E-state index contributed by atoms with van der Waals surface area (Å²) in [5.41, 5.74) is 2.21. The number of carbonyl (C=O) groups is 1. The Bertz CT molecular complexity index is 1220. The third-order valence-electron chi connectivity index (χ3n) is 4.97. The number of aliphatic hydroxyl groups is 1. The van der Waals surface area contributed by atoms with Crippen LogP contribution in [0.4, 0.5) is 22.2 Å². The van der Waals surface area contributed by atoms with Crippen LogP contribution in [0.25, 0.3) is 0 Å². The molecule has 1 unspecified atom stereocenters. The number of pyridine rings is 1. The Morgan fingerprint density at radius 2 is 2.15 bits per heavy atom. The molecule has 0 spiro atoms. The SMILES string of the molecule is C=C(O)[C@@H](NC(=O)NC1C=NN(c2nc(Nc3cccnc3)ncc2C)C1)c1cccc(Cl)c1. The first-order valence-corrected chi connectivity index (χ1v) is 10.8. The summed E-state index contributed by atoms with van der Waals surface area (Å²) in [5, 5.41) is 25.2. The van der Waals surface area contributed by atoms with Crippen LogP contribution in [0.2, 0.25) is 5.02 Å². The zero-order chi connectivity index (χ0) is 24.1. The molecule has 34 heavy (non-hydrogen) atoms. The molecule has 2 atom stereocenters. The van der Waals surface area contributed by atoms with Crippen LogP contribution in [0.3, 0.4) is 0 Å². The first-order chi connectivity index (χ1) is 16.4. The van der Waals surface area contributed by atoms with E-state index in [0.717, 1.165) is 11.3 Å². The standard InChI is InChI=1S/C23H23ClN8O2/c1-14-10-26-22(28-18-7-4-8-25-11-18)31-21(14)32-13-19(12-27-32)29-23(34)30-20(15(2)33)16-5-3-6-17(24)9-16/h3-12,19-20,33H,2,13H2,1H3,(H,26,28,31)(H2,29,30,34)/t19?,20-/m1/s1. The van der Waals surface area contributed by atoms with Gasteiger partial charge in [-0.3, -0.25) is 4.98 Å². The van der Waals surface area contributed by atoms with Crippen molar-refractivity contribution in [3.05, 3.63) is 83.5 Å². The smallest absolute Gasteiger partial charge is 0.316 e. The fourth-order valence-electron chi connectivity index (χ4n) is 3.37. The molecular formula is C23H23ClN8O2. The van der Waals surface area contributed by atoms with Crippen molar-refractivity contribution in [2.45, 2.75) is 19.0 Å². The van der Waals surface area contributed by atoms with Gasteiger partial charge in [-0.05, 0) is 36.8 Å². The van der Waals surface area contributed by atoms with Crippen LogP contribution in [-0.2, 0) is 0 Å². The van der Waals surface area contributed by atoms with Crippen molar-refractivity contribution in [2.75, 3.05) is 16.9 Å². The molecule has 3 heterocycles. The molecule has 1 aliphatic rings. The van der Waals surface area contributed by atoms with Crippen LogP contribution in [0, 0.1) is 6.92 Å². The number of aliphatic hydroxyl groups excluding tert-OH is 1. The highest BCUT2D eigenvalue weighted by molar-refractivity contribution is 6.30. The minimum Gasteiger partial charge on any atom is -0.510 e. The van der Waals surface area contributed by atoms with Crippen LogP contribution in [-0.4, -0.2) is 44.9 Å². The van der Waals surface area contributed by atoms with Crippen molar-refractivity contribution in [1.29, 1.82) is 0 Å². The zero-order valence-electron chi connectivity index (χ0n) is 18.3. The number of urea groups is 1. The number of aromatic nitrogens is 3. The molecule has 174 valence electrons. The van der Waals surface area contributed by atoms with Crippen molar-refractivity contribution < 1.29 is 9.90 Å². The van der Waals surface area contributed by atoms with Crippen molar-refractivity contribution in [2.24, 2.45) is 5.10 Å². The van der Waals surface area contributed by atoms with Gasteiger partial charge in [0.15, 0.2) is 5.82 Å². The maximum atomic E-state index is 12.6. The molecule has 1 aliphatic heterocycles. The minimum absolute atomic E-state index is 0.204. The van der Waals surface area contributed by atoms with Gasteiger partial charge in [0.2, 0.25) is 5.95 Å². The summed E-state index contributed by atoms with van der Waals surface area (Å²) in [6, 6.07) is 8.83. The number of nitrogens with zero attached hydrogens (tertiary/aromatic N) is 5. The second-order valence-electron chi connectivity index (χ2n) is 7.62. The molecule has 2 aromatic heterocycles. The third kappa shape index (κ3) is 5.59. The molecule has 0 bridgehead atoms. The molecule has 0 saturated heterocycles. The van der Waals surface area contributed by atoms with E-state index in [1.54, 1.807) is 54.1 Å². The Morgan fingerprint density at radius 3 is 2.88 bits per heavy atom. The van der Waals surface area contributed by atoms with Crippen molar-refractivity contribution in [3.8, 4) is 0 Å². The van der Waals surface area contributed by atoms with Crippen LogP contribution >= 0.6 is 11.6 Å². The van der Waals surface area contributed by atoms with E-state index in [9.17, 15) is 9.90 Å². The minimum atomic E-state index is -0.807. The molecule has 0 fully saturated rings. The van der Waals surface area contributed by atoms with Gasteiger partial charge in [-0.25, -0.2) is 14.8 Å².